The zero-order valence-electron chi connectivity index (χ0n) is 30.0. The van der Waals surface area contributed by atoms with Crippen LogP contribution in [0.3, 0.4) is 0 Å². The lowest BCUT2D eigenvalue weighted by Crippen LogP contribution is -2.47. The molecule has 16 heteroatoms. The van der Waals surface area contributed by atoms with Crippen LogP contribution in [0.4, 0.5) is 5.69 Å². The summed E-state index contributed by atoms with van der Waals surface area (Å²) in [6.07, 6.45) is 7.08. The van der Waals surface area contributed by atoms with Crippen LogP contribution < -0.4 is 26.4 Å². The molecule has 15 nitrogen and oxygen atoms in total. The summed E-state index contributed by atoms with van der Waals surface area (Å²) >= 11 is 0. The minimum absolute atomic E-state index is 0.0753. The van der Waals surface area contributed by atoms with Crippen LogP contribution in [0.25, 0.3) is 10.9 Å². The van der Waals surface area contributed by atoms with Crippen LogP contribution in [-0.2, 0) is 38.8 Å². The van der Waals surface area contributed by atoms with Crippen molar-refractivity contribution in [3.63, 3.8) is 0 Å². The third-order valence-corrected chi connectivity index (χ3v) is 10.8. The molecule has 0 saturated carbocycles. The van der Waals surface area contributed by atoms with Crippen LogP contribution >= 0.6 is 0 Å². The number of aryl methyl sites for hydroxylation is 1. The van der Waals surface area contributed by atoms with Crippen molar-refractivity contribution >= 4 is 48.7 Å². The SMILES string of the molecule is C#CCN(c1ccc(CN[C@@H](CCC(=O)N[C@H](CCC(=O)O)C(=O)NCCC[Si](C)(C)O)C(=O)O)cc1)[C@H]1CCc2cc3nc(CO)[nH]c(=O)c3cc21. The van der Waals surface area contributed by atoms with E-state index in [1.165, 1.54) is 0 Å². The molecule has 8 N–H and O–H groups in total. The summed E-state index contributed by atoms with van der Waals surface area (Å²) in [7, 11) is -2.29. The summed E-state index contributed by atoms with van der Waals surface area (Å²) in [5.41, 5.74) is 3.87. The van der Waals surface area contributed by atoms with Gasteiger partial charge in [-0.05, 0) is 92.2 Å². The van der Waals surface area contributed by atoms with Gasteiger partial charge in [0.05, 0.1) is 23.5 Å². The van der Waals surface area contributed by atoms with E-state index in [-0.39, 0.29) is 62.8 Å². The second-order valence-corrected chi connectivity index (χ2v) is 18.0. The maximum Gasteiger partial charge on any atom is 0.320 e. The van der Waals surface area contributed by atoms with E-state index in [1.807, 2.05) is 36.4 Å². The summed E-state index contributed by atoms with van der Waals surface area (Å²) in [5.74, 6) is -0.461. The quantitative estimate of drug-likeness (QED) is 0.0471. The van der Waals surface area contributed by atoms with Gasteiger partial charge in [-0.1, -0.05) is 18.1 Å². The molecule has 0 spiro atoms. The van der Waals surface area contributed by atoms with E-state index < -0.39 is 44.2 Å². The van der Waals surface area contributed by atoms with Gasteiger partial charge in [-0.2, -0.15) is 0 Å². The number of carbonyl (C=O) groups is 4. The number of nitrogens with zero attached hydrogens (tertiary/aromatic N) is 2. The number of aliphatic hydroxyl groups excluding tert-OH is 1. The van der Waals surface area contributed by atoms with Gasteiger partial charge in [-0.15, -0.1) is 6.42 Å². The smallest absolute Gasteiger partial charge is 0.320 e. The standard InChI is InChI=1S/C37H48N6O9Si/c1-4-17-43(31-13-8-24-19-30-27(20-26(24)31)35(48)42-32(22-44)40-30)25-9-6-23(7-10-25)21-39-29(37(50)51)11-14-33(45)41-28(12-15-34(46)47)36(49)38-16-5-18-53(2,3)52/h1,6-7,9-10,19-20,28-29,31,39,44,52H,5,8,11-18,21-22H2,2-3H3,(H,38,49)(H,41,45)(H,46,47)(H,50,51)(H,40,42,48)/t28-,29+,31+/m1/s1. The Balaban J connectivity index is 1.35. The van der Waals surface area contributed by atoms with E-state index >= 15 is 0 Å². The number of rotatable bonds is 20. The van der Waals surface area contributed by atoms with Crippen LogP contribution in [0.2, 0.25) is 19.1 Å². The molecule has 0 fully saturated rings. The number of hydrogen-bond acceptors (Lipinski definition) is 10. The molecular weight excluding hydrogens is 701 g/mol. The van der Waals surface area contributed by atoms with Crippen LogP contribution in [0.1, 0.15) is 67.1 Å². The van der Waals surface area contributed by atoms with Crippen molar-refractivity contribution in [2.24, 2.45) is 0 Å². The highest BCUT2D eigenvalue weighted by Gasteiger charge is 2.30. The minimum Gasteiger partial charge on any atom is -0.481 e. The monoisotopic (exact) mass is 748 g/mol. The van der Waals surface area contributed by atoms with Crippen LogP contribution in [-0.4, -0.2) is 87.3 Å². The Morgan fingerprint density at radius 1 is 1.09 bits per heavy atom. The van der Waals surface area contributed by atoms with Crippen molar-refractivity contribution in [3.05, 3.63) is 69.3 Å². The number of hydrogen-bond donors (Lipinski definition) is 8. The lowest BCUT2D eigenvalue weighted by molar-refractivity contribution is -0.140. The number of aliphatic carboxylic acids is 2. The van der Waals surface area contributed by atoms with Crippen molar-refractivity contribution < 1.29 is 39.3 Å². The number of carboxylic acid groups (broad SMARTS) is 2. The van der Waals surface area contributed by atoms with Crippen LogP contribution in [0.5, 0.6) is 0 Å². The highest BCUT2D eigenvalue weighted by Crippen LogP contribution is 2.39. The van der Waals surface area contributed by atoms with E-state index in [0.717, 1.165) is 35.2 Å². The van der Waals surface area contributed by atoms with Crippen molar-refractivity contribution in [1.82, 2.24) is 25.9 Å². The molecular formula is C37H48N6O9Si. The van der Waals surface area contributed by atoms with Crippen molar-refractivity contribution in [3.8, 4) is 12.3 Å². The molecule has 0 saturated heterocycles. The van der Waals surface area contributed by atoms with Gasteiger partial charge in [-0.3, -0.25) is 24.0 Å². The van der Waals surface area contributed by atoms with Crippen molar-refractivity contribution in [2.75, 3.05) is 18.0 Å². The molecule has 0 aliphatic heterocycles. The van der Waals surface area contributed by atoms with Gasteiger partial charge in [0, 0.05) is 31.6 Å². The number of terminal acetylenes is 1. The topological polar surface area (TPSA) is 234 Å². The predicted octanol–water partition coefficient (Wildman–Crippen LogP) is 1.92. The fourth-order valence-electron chi connectivity index (χ4n) is 6.44. The maximum atomic E-state index is 12.8. The Hall–Kier alpha value is -5.08. The van der Waals surface area contributed by atoms with Gasteiger partial charge in [0.2, 0.25) is 11.8 Å². The number of aromatic nitrogens is 2. The van der Waals surface area contributed by atoms with E-state index in [1.54, 1.807) is 13.1 Å². The lowest BCUT2D eigenvalue weighted by atomic mass is 10.0. The normalized spacial score (nSPS) is 14.9. The number of fused-ring (bicyclic) bond motifs is 2. The predicted molar refractivity (Wildman–Crippen MR) is 200 cm³/mol. The Morgan fingerprint density at radius 2 is 1.81 bits per heavy atom. The first kappa shape index (κ1) is 40.7. The number of H-pyrrole nitrogens is 1. The van der Waals surface area contributed by atoms with Gasteiger partial charge in [0.25, 0.3) is 5.56 Å². The molecule has 4 rings (SSSR count). The molecule has 2 aromatic carbocycles. The Kier molecular flexibility index (Phi) is 14.3. The number of carbonyl (C=O) groups excluding carboxylic acids is 2. The number of aliphatic hydroxyl groups is 1. The number of aromatic amines is 1. The first-order chi connectivity index (χ1) is 25.2. The van der Waals surface area contributed by atoms with Crippen LogP contribution in [0, 0.1) is 12.3 Å². The molecule has 1 heterocycles. The van der Waals surface area contributed by atoms with E-state index in [9.17, 15) is 39.0 Å². The molecule has 284 valence electrons. The second-order valence-electron chi connectivity index (χ2n) is 13.9. The van der Waals surface area contributed by atoms with Crippen molar-refractivity contribution in [2.45, 2.75) is 95.4 Å². The summed E-state index contributed by atoms with van der Waals surface area (Å²) in [4.78, 5) is 80.5. The van der Waals surface area contributed by atoms with Crippen molar-refractivity contribution in [1.29, 1.82) is 0 Å². The summed E-state index contributed by atoms with van der Waals surface area (Å²) in [6, 6.07) is 9.54. The fraction of sp³-hybridized carbons (Fsp3) is 0.459. The number of benzene rings is 2. The zero-order valence-corrected chi connectivity index (χ0v) is 31.0. The first-order valence-electron chi connectivity index (χ1n) is 17.6. The Morgan fingerprint density at radius 3 is 2.45 bits per heavy atom. The molecule has 1 aliphatic carbocycles. The van der Waals surface area contributed by atoms with E-state index in [4.69, 9.17) is 11.5 Å². The molecule has 1 aliphatic rings. The second kappa shape index (κ2) is 18.6. The summed E-state index contributed by atoms with van der Waals surface area (Å²) in [5, 5.41) is 37.0. The average Bonchev–Trinajstić information content (AvgIpc) is 3.51. The molecule has 0 unspecified atom stereocenters. The number of carboxylic acids is 2. The summed E-state index contributed by atoms with van der Waals surface area (Å²) < 4.78 is 0. The van der Waals surface area contributed by atoms with E-state index in [2.05, 4.69) is 36.7 Å². The molecule has 0 radical (unpaired) electrons. The third kappa shape index (κ3) is 11.7. The van der Waals surface area contributed by atoms with Gasteiger partial charge in [0.1, 0.15) is 24.5 Å². The molecule has 3 atom stereocenters. The first-order valence-corrected chi connectivity index (χ1v) is 20.8. The average molecular weight is 749 g/mol. The molecule has 0 bridgehead atoms. The lowest BCUT2D eigenvalue weighted by Gasteiger charge is -2.30. The molecule has 1 aromatic heterocycles. The number of anilines is 1. The summed E-state index contributed by atoms with van der Waals surface area (Å²) in [6.45, 7) is 3.97. The van der Waals surface area contributed by atoms with Gasteiger partial charge >= 0.3 is 11.9 Å². The van der Waals surface area contributed by atoms with Gasteiger partial charge in [-0.25, -0.2) is 4.98 Å². The number of amides is 2. The third-order valence-electron chi connectivity index (χ3n) is 9.19. The molecule has 3 aromatic rings. The highest BCUT2D eigenvalue weighted by molar-refractivity contribution is 6.69. The Bertz CT molecular complexity index is 1890. The van der Waals surface area contributed by atoms with Gasteiger partial charge in [0.15, 0.2) is 8.32 Å². The van der Waals surface area contributed by atoms with Crippen LogP contribution in [0.15, 0.2) is 41.2 Å². The van der Waals surface area contributed by atoms with E-state index in [0.29, 0.717) is 29.9 Å². The zero-order chi connectivity index (χ0) is 38.7. The Labute approximate surface area is 308 Å². The largest absolute Gasteiger partial charge is 0.481 e. The molecule has 53 heavy (non-hydrogen) atoms. The maximum absolute atomic E-state index is 12.8. The minimum atomic E-state index is -2.29. The van der Waals surface area contributed by atoms with Gasteiger partial charge < -0.3 is 45.9 Å². The fourth-order valence-corrected chi connectivity index (χ4v) is 7.48. The number of nitrogens with one attached hydrogen (secondary N) is 4. The highest BCUT2D eigenvalue weighted by atomic mass is 28.4. The molecule has 2 amide bonds.